The molecule has 0 saturated heterocycles. The van der Waals surface area contributed by atoms with Crippen LogP contribution in [0.3, 0.4) is 0 Å². The van der Waals surface area contributed by atoms with Crippen LogP contribution >= 0.6 is 11.3 Å². The topological polar surface area (TPSA) is 215 Å². The van der Waals surface area contributed by atoms with E-state index in [2.05, 4.69) is 24.1 Å². The van der Waals surface area contributed by atoms with Gasteiger partial charge < -0.3 is 30.1 Å². The van der Waals surface area contributed by atoms with E-state index in [-0.39, 0.29) is 44.9 Å². The summed E-state index contributed by atoms with van der Waals surface area (Å²) >= 11 is 1.40. The number of carboxylic acid groups (broad SMARTS) is 1. The van der Waals surface area contributed by atoms with Crippen molar-refractivity contribution in [2.45, 2.75) is 86.9 Å². The second-order valence-corrected chi connectivity index (χ2v) is 19.5. The number of carbonyl (C=O) groups is 2. The smallest absolute Gasteiger partial charge is 0.355 e. The third kappa shape index (κ3) is 12.9. The Bertz CT molecular complexity index is 2500. The molecule has 18 heteroatoms. The number of nitrogens with one attached hydrogen (secondary N) is 1. The molecule has 16 nitrogen and oxygen atoms in total. The van der Waals surface area contributed by atoms with Gasteiger partial charge in [0, 0.05) is 73.1 Å². The number of rotatable bonds is 17. The average Bonchev–Trinajstić information content (AvgIpc) is 3.82. The Morgan fingerprint density at radius 3 is 2.51 bits per heavy atom. The summed E-state index contributed by atoms with van der Waals surface area (Å²) in [6.45, 7) is 9.69. The van der Waals surface area contributed by atoms with Crippen LogP contribution in [0, 0.1) is 24.7 Å². The van der Waals surface area contributed by atoms with Gasteiger partial charge in [-0.25, -0.2) is 14.8 Å². The fourth-order valence-corrected chi connectivity index (χ4v) is 10.2. The molecule has 1 amide bonds. The van der Waals surface area contributed by atoms with Crippen LogP contribution in [0.4, 0.5) is 10.9 Å². The summed E-state index contributed by atoms with van der Waals surface area (Å²) in [5.41, 5.74) is 10.6. The molecule has 1 aliphatic carbocycles. The van der Waals surface area contributed by atoms with E-state index in [4.69, 9.17) is 29.8 Å². The molecular formula is C47H65N8O8S2. The normalized spacial score (nSPS) is 18.0. The zero-order valence-corrected chi connectivity index (χ0v) is 37.9. The minimum absolute atomic E-state index is 0. The highest BCUT2D eigenvalue weighted by atomic mass is 32.2. The number of likely N-dealkylation sites (N-methyl/N-ethyl adjacent to an activating group) is 1. The summed E-state index contributed by atoms with van der Waals surface area (Å²) in [5, 5.41) is 18.8. The number of hydrogen-bond acceptors (Lipinski definition) is 13. The summed E-state index contributed by atoms with van der Waals surface area (Å²) in [6.07, 6.45) is 5.85. The molecule has 5 aromatic rings. The molecule has 3 atom stereocenters. The maximum Gasteiger partial charge on any atom is 0.355 e. The SMILES string of the molecule is C.C.Cc1c(-c2ccc(N3CCc4c(OCCN)ccc(C(=O)Nc5nc6ccccc6s5)c4C3)nc2C(=O)O)cnn1C[C]1CC(C)CC(C)CC(OCCN(C)CCS(=O)(=O)O)C1. The molecule has 1 saturated carbocycles. The molecule has 65 heavy (non-hydrogen) atoms. The first kappa shape index (κ1) is 51.0. The van der Waals surface area contributed by atoms with Crippen molar-refractivity contribution in [3.05, 3.63) is 88.7 Å². The number of amides is 1. The molecule has 0 spiro atoms. The van der Waals surface area contributed by atoms with Crippen LogP contribution in [0.25, 0.3) is 21.3 Å². The first-order chi connectivity index (χ1) is 30.1. The van der Waals surface area contributed by atoms with E-state index in [0.29, 0.717) is 97.6 Å². The van der Waals surface area contributed by atoms with Crippen LogP contribution in [-0.4, -0.2) is 113 Å². The van der Waals surface area contributed by atoms with Gasteiger partial charge >= 0.3 is 5.97 Å². The van der Waals surface area contributed by atoms with Crippen molar-refractivity contribution < 1.29 is 37.1 Å². The summed E-state index contributed by atoms with van der Waals surface area (Å²) in [4.78, 5) is 39.9. The van der Waals surface area contributed by atoms with E-state index < -0.39 is 16.1 Å². The standard InChI is InChI=1S/C45H57N8O8S2.2CH4/c1-28-21-29(2)23-32(60-19-16-51(4)17-20-63(57,58)59)24-31(22-28)26-53-30(3)36(25-47-53)34-10-12-41(49-42(34)44(55)56)52-15-13-33-37(27-52)35(9-11-39(33)61-18-14-46)43(54)50-45-48-38-7-5-6-8-40(38)62-45;;/h5-12,25,28-29,32H,13-24,26-27,46H2,1-4H3,(H,55,56)(H,48,50,54)(H,57,58,59);2*1H4. The number of anilines is 2. The molecule has 0 bridgehead atoms. The second kappa shape index (κ2) is 22.5. The molecule has 1 fully saturated rings. The Hall–Kier alpha value is -4.98. The number of ether oxygens (including phenoxy) is 2. The number of carbonyl (C=O) groups excluding carboxylic acids is 1. The zero-order chi connectivity index (χ0) is 44.8. The van der Waals surface area contributed by atoms with E-state index in [0.717, 1.165) is 52.7 Å². The lowest BCUT2D eigenvalue weighted by Gasteiger charge is -2.32. The minimum atomic E-state index is -4.03. The first-order valence-electron chi connectivity index (χ1n) is 21.4. The van der Waals surface area contributed by atoms with Gasteiger partial charge in [0.2, 0.25) is 0 Å². The molecular weight excluding hydrogens is 869 g/mol. The Morgan fingerprint density at radius 1 is 0.985 bits per heavy atom. The third-order valence-electron chi connectivity index (χ3n) is 11.9. The molecule has 3 unspecified atom stereocenters. The first-order valence-corrected chi connectivity index (χ1v) is 23.8. The van der Waals surface area contributed by atoms with Crippen molar-refractivity contribution in [1.29, 1.82) is 0 Å². The Morgan fingerprint density at radius 2 is 1.77 bits per heavy atom. The summed E-state index contributed by atoms with van der Waals surface area (Å²) in [7, 11) is -2.23. The van der Waals surface area contributed by atoms with Crippen LogP contribution in [0.1, 0.15) is 92.1 Å². The highest BCUT2D eigenvalue weighted by Crippen LogP contribution is 2.37. The molecule has 4 heterocycles. The molecule has 2 aromatic carbocycles. The van der Waals surface area contributed by atoms with Crippen LogP contribution in [0.2, 0.25) is 0 Å². The second-order valence-electron chi connectivity index (χ2n) is 16.9. The van der Waals surface area contributed by atoms with Gasteiger partial charge in [-0.1, -0.05) is 52.2 Å². The fraction of sp³-hybridized carbons (Fsp3) is 0.489. The number of benzene rings is 2. The van der Waals surface area contributed by atoms with Gasteiger partial charge in [-0.05, 0) is 99.9 Å². The van der Waals surface area contributed by atoms with Crippen LogP contribution in [0.5, 0.6) is 5.75 Å². The number of pyridine rings is 1. The molecule has 1 aliphatic heterocycles. The number of nitrogens with zero attached hydrogens (tertiary/aromatic N) is 6. The Balaban J connectivity index is 0.00000397. The molecule has 7 rings (SSSR count). The van der Waals surface area contributed by atoms with Gasteiger partial charge in [-0.3, -0.25) is 19.3 Å². The zero-order valence-electron chi connectivity index (χ0n) is 36.2. The van der Waals surface area contributed by atoms with Crippen molar-refractivity contribution in [1.82, 2.24) is 24.6 Å². The Kier molecular flexibility index (Phi) is 17.6. The quantitative estimate of drug-likeness (QED) is 0.0661. The number of hydrogen-bond donors (Lipinski definition) is 4. The number of nitrogens with two attached hydrogens (primary N) is 1. The van der Waals surface area contributed by atoms with E-state index in [1.54, 1.807) is 31.4 Å². The minimum Gasteiger partial charge on any atom is -0.492 e. The lowest BCUT2D eigenvalue weighted by Crippen LogP contribution is -2.33. The number of aromatic nitrogens is 4. The predicted octanol–water partition coefficient (Wildman–Crippen LogP) is 7.61. The number of carboxylic acids is 1. The predicted molar refractivity (Wildman–Crippen MR) is 258 cm³/mol. The van der Waals surface area contributed by atoms with Gasteiger partial charge in [0.15, 0.2) is 10.8 Å². The third-order valence-corrected chi connectivity index (χ3v) is 13.5. The maximum absolute atomic E-state index is 13.9. The largest absolute Gasteiger partial charge is 0.492 e. The molecule has 3 aromatic heterocycles. The maximum atomic E-state index is 13.9. The van der Waals surface area contributed by atoms with Crippen molar-refractivity contribution in [2.24, 2.45) is 17.6 Å². The van der Waals surface area contributed by atoms with Crippen LogP contribution in [-0.2, 0) is 34.4 Å². The van der Waals surface area contributed by atoms with E-state index in [9.17, 15) is 23.1 Å². The summed E-state index contributed by atoms with van der Waals surface area (Å²) in [5.74, 6) is 1.60. The van der Waals surface area contributed by atoms with Crippen molar-refractivity contribution in [3.63, 3.8) is 0 Å². The van der Waals surface area contributed by atoms with Crippen LogP contribution < -0.4 is 20.7 Å². The summed E-state index contributed by atoms with van der Waals surface area (Å²) < 4.78 is 46.8. The Labute approximate surface area is 387 Å². The number of thiazole rings is 1. The van der Waals surface area contributed by atoms with E-state index in [1.807, 2.05) is 51.7 Å². The average molecular weight is 934 g/mol. The molecule has 2 aliphatic rings. The summed E-state index contributed by atoms with van der Waals surface area (Å²) in [6, 6.07) is 14.9. The fourth-order valence-electron chi connectivity index (χ4n) is 8.84. The molecule has 5 N–H and O–H groups in total. The lowest BCUT2D eigenvalue weighted by atomic mass is 9.80. The van der Waals surface area contributed by atoms with Gasteiger partial charge in [0.25, 0.3) is 16.0 Å². The lowest BCUT2D eigenvalue weighted by molar-refractivity contribution is 0.0169. The van der Waals surface area contributed by atoms with Crippen molar-refractivity contribution in [2.75, 3.05) is 62.4 Å². The van der Waals surface area contributed by atoms with Crippen molar-refractivity contribution >= 4 is 54.5 Å². The van der Waals surface area contributed by atoms with E-state index >= 15 is 0 Å². The number of fused-ring (bicyclic) bond motifs is 2. The molecule has 353 valence electrons. The highest BCUT2D eigenvalue weighted by Gasteiger charge is 2.30. The van der Waals surface area contributed by atoms with E-state index in [1.165, 1.54) is 17.3 Å². The van der Waals surface area contributed by atoms with Crippen LogP contribution in [0.15, 0.2) is 54.7 Å². The van der Waals surface area contributed by atoms with Gasteiger partial charge in [0.1, 0.15) is 18.2 Å². The van der Waals surface area contributed by atoms with Gasteiger partial charge in [-0.15, -0.1) is 0 Å². The van der Waals surface area contributed by atoms with Gasteiger partial charge in [-0.2, -0.15) is 13.5 Å². The molecule has 1 radical (unpaired) electrons. The van der Waals surface area contributed by atoms with Gasteiger partial charge in [0.05, 0.1) is 34.9 Å². The number of aromatic carboxylic acids is 1. The highest BCUT2D eigenvalue weighted by molar-refractivity contribution is 7.85. The number of para-hydroxylation sites is 1. The van der Waals surface area contributed by atoms with Crippen molar-refractivity contribution in [3.8, 4) is 16.9 Å². The monoisotopic (exact) mass is 933 g/mol.